The lowest BCUT2D eigenvalue weighted by Gasteiger charge is -2.06. The van der Waals surface area contributed by atoms with Crippen LogP contribution >= 0.6 is 11.3 Å². The van der Waals surface area contributed by atoms with E-state index in [0.717, 1.165) is 33.7 Å². The minimum Gasteiger partial charge on any atom is -0.494 e. The first-order chi connectivity index (χ1) is 15.5. The molecule has 2 heterocycles. The van der Waals surface area contributed by atoms with Crippen LogP contribution in [0.25, 0.3) is 16.2 Å². The minimum atomic E-state index is -0.588. The van der Waals surface area contributed by atoms with E-state index in [1.807, 2.05) is 53.2 Å². The number of nitriles is 1. The fourth-order valence-electron chi connectivity index (χ4n) is 3.19. The number of non-ortho nitro benzene ring substituents is 1. The molecule has 0 saturated carbocycles. The highest BCUT2D eigenvalue weighted by atomic mass is 32.1. The highest BCUT2D eigenvalue weighted by molar-refractivity contribution is 7.15. The maximum absolute atomic E-state index is 12.6. The lowest BCUT2D eigenvalue weighted by Crippen LogP contribution is -2.16. The van der Waals surface area contributed by atoms with Crippen molar-refractivity contribution in [3.8, 4) is 23.1 Å². The monoisotopic (exact) mass is 447 g/mol. The summed E-state index contributed by atoms with van der Waals surface area (Å²) in [6.45, 7) is 2.53. The number of nitro benzene ring substituents is 1. The number of benzene rings is 2. The maximum atomic E-state index is 12.6. The first-order valence-corrected chi connectivity index (χ1v) is 10.5. The number of amides is 1. The molecule has 1 amide bonds. The van der Waals surface area contributed by atoms with Crippen molar-refractivity contribution in [2.45, 2.75) is 13.3 Å². The van der Waals surface area contributed by atoms with Gasteiger partial charge >= 0.3 is 0 Å². The van der Waals surface area contributed by atoms with Crippen LogP contribution in [0.15, 0.2) is 54.0 Å². The number of rotatable bonds is 7. The average molecular weight is 447 g/mol. The summed E-state index contributed by atoms with van der Waals surface area (Å²) < 4.78 is 7.32. The van der Waals surface area contributed by atoms with Crippen LogP contribution in [0, 0.1) is 21.4 Å². The van der Waals surface area contributed by atoms with Crippen LogP contribution in [0.4, 0.5) is 11.4 Å². The van der Waals surface area contributed by atoms with Crippen LogP contribution in [0.3, 0.4) is 0 Å². The van der Waals surface area contributed by atoms with Crippen LogP contribution in [0.1, 0.15) is 18.2 Å². The number of carbonyl (C=O) groups excluding carboxylic acids is 1. The van der Waals surface area contributed by atoms with E-state index in [1.165, 1.54) is 23.5 Å². The molecule has 0 aliphatic rings. The number of hydrogen-bond acceptors (Lipinski definition) is 7. The van der Waals surface area contributed by atoms with Gasteiger partial charge in [0.25, 0.3) is 5.69 Å². The third-order valence-corrected chi connectivity index (χ3v) is 5.58. The number of nitrogens with one attached hydrogen (secondary N) is 1. The number of anilines is 1. The quantitative estimate of drug-likeness (QED) is 0.330. The Morgan fingerprint density at radius 3 is 2.78 bits per heavy atom. The zero-order chi connectivity index (χ0) is 22.7. The summed E-state index contributed by atoms with van der Waals surface area (Å²) in [5.41, 5.74) is 2.51. The predicted molar refractivity (Wildman–Crippen MR) is 120 cm³/mol. The second kappa shape index (κ2) is 8.87. The van der Waals surface area contributed by atoms with Gasteiger partial charge in [-0.2, -0.15) is 5.26 Å². The van der Waals surface area contributed by atoms with Crippen LogP contribution < -0.4 is 10.1 Å². The van der Waals surface area contributed by atoms with Gasteiger partial charge in [-0.05, 0) is 37.3 Å². The molecule has 160 valence electrons. The summed E-state index contributed by atoms with van der Waals surface area (Å²) in [4.78, 5) is 28.3. The van der Waals surface area contributed by atoms with Crippen LogP contribution in [0.5, 0.6) is 5.75 Å². The van der Waals surface area contributed by atoms with Gasteiger partial charge in [-0.25, -0.2) is 4.98 Å². The van der Waals surface area contributed by atoms with E-state index in [0.29, 0.717) is 6.61 Å². The van der Waals surface area contributed by atoms with Crippen molar-refractivity contribution in [3.05, 3.63) is 75.4 Å². The molecular formula is C22H17N5O4S. The Hall–Kier alpha value is -4.23. The summed E-state index contributed by atoms with van der Waals surface area (Å²) in [5, 5.41) is 24.6. The van der Waals surface area contributed by atoms with Crippen molar-refractivity contribution in [1.29, 1.82) is 5.26 Å². The third kappa shape index (κ3) is 4.28. The lowest BCUT2D eigenvalue weighted by molar-refractivity contribution is -0.384. The lowest BCUT2D eigenvalue weighted by atomic mass is 10.1. The van der Waals surface area contributed by atoms with Gasteiger partial charge in [0, 0.05) is 35.0 Å². The molecule has 0 aliphatic heterocycles. The summed E-state index contributed by atoms with van der Waals surface area (Å²) in [5.74, 6) is 0.448. The van der Waals surface area contributed by atoms with Crippen molar-refractivity contribution in [2.24, 2.45) is 0 Å². The Balaban J connectivity index is 1.52. The maximum Gasteiger partial charge on any atom is 0.270 e. The van der Waals surface area contributed by atoms with E-state index in [-0.39, 0.29) is 29.3 Å². The molecule has 2 aromatic heterocycles. The van der Waals surface area contributed by atoms with Crippen molar-refractivity contribution >= 4 is 33.6 Å². The Morgan fingerprint density at radius 1 is 1.31 bits per heavy atom. The van der Waals surface area contributed by atoms with Gasteiger partial charge in [0.05, 0.1) is 34.9 Å². The molecule has 0 saturated heterocycles. The average Bonchev–Trinajstić information content (AvgIpc) is 3.36. The Kier molecular flexibility index (Phi) is 5.83. The standard InChI is InChI=1S/C22H17N5O4S/c1-2-31-18-6-3-14(4-7-18)20-12-26-17(13-32-22(26)25-20)10-21(28)24-19-8-5-16(27(29)30)9-15(19)11-23/h3-9,12-13H,2,10H2,1H3,(H,24,28). The molecule has 0 unspecified atom stereocenters. The number of ether oxygens (including phenoxy) is 1. The smallest absolute Gasteiger partial charge is 0.270 e. The molecule has 32 heavy (non-hydrogen) atoms. The second-order valence-electron chi connectivity index (χ2n) is 6.79. The number of fused-ring (bicyclic) bond motifs is 1. The zero-order valence-electron chi connectivity index (χ0n) is 16.9. The molecule has 4 aromatic rings. The van der Waals surface area contributed by atoms with Gasteiger partial charge in [0.2, 0.25) is 5.91 Å². The number of carbonyl (C=O) groups is 1. The Labute approximate surface area is 186 Å². The molecule has 9 nitrogen and oxygen atoms in total. The highest BCUT2D eigenvalue weighted by Gasteiger charge is 2.16. The fourth-order valence-corrected chi connectivity index (χ4v) is 4.06. The summed E-state index contributed by atoms with van der Waals surface area (Å²) in [6, 6.07) is 13.3. The van der Waals surface area contributed by atoms with Crippen molar-refractivity contribution in [3.63, 3.8) is 0 Å². The number of nitrogens with zero attached hydrogens (tertiary/aromatic N) is 4. The fraction of sp³-hybridized carbons (Fsp3) is 0.136. The van der Waals surface area contributed by atoms with Gasteiger partial charge < -0.3 is 10.1 Å². The molecule has 4 rings (SSSR count). The van der Waals surface area contributed by atoms with Gasteiger partial charge in [0.1, 0.15) is 11.8 Å². The second-order valence-corrected chi connectivity index (χ2v) is 7.62. The SMILES string of the molecule is CCOc1ccc(-c2cn3c(CC(=O)Nc4ccc([N+](=O)[O-])cc4C#N)csc3n2)cc1. The molecule has 1 N–H and O–H groups in total. The normalized spacial score (nSPS) is 10.6. The van der Waals surface area contributed by atoms with Gasteiger partial charge in [-0.1, -0.05) is 0 Å². The summed E-state index contributed by atoms with van der Waals surface area (Å²) in [6.07, 6.45) is 1.93. The third-order valence-electron chi connectivity index (χ3n) is 4.69. The molecule has 0 spiro atoms. The largest absolute Gasteiger partial charge is 0.494 e. The zero-order valence-corrected chi connectivity index (χ0v) is 17.8. The van der Waals surface area contributed by atoms with E-state index in [2.05, 4.69) is 10.3 Å². The number of hydrogen-bond donors (Lipinski definition) is 1. The van der Waals surface area contributed by atoms with Crippen LogP contribution in [0.2, 0.25) is 0 Å². The van der Waals surface area contributed by atoms with Crippen LogP contribution in [-0.4, -0.2) is 26.8 Å². The number of aromatic nitrogens is 2. The number of nitro groups is 1. The first-order valence-electron chi connectivity index (χ1n) is 9.65. The van der Waals surface area contributed by atoms with E-state index < -0.39 is 4.92 Å². The summed E-state index contributed by atoms with van der Waals surface area (Å²) >= 11 is 1.42. The Morgan fingerprint density at radius 2 is 2.09 bits per heavy atom. The van der Waals surface area contributed by atoms with E-state index in [4.69, 9.17) is 4.74 Å². The molecular weight excluding hydrogens is 430 g/mol. The minimum absolute atomic E-state index is 0.0310. The number of imidazole rings is 1. The predicted octanol–water partition coefficient (Wildman–Crippen LogP) is 4.42. The molecule has 10 heteroatoms. The van der Waals surface area contributed by atoms with E-state index >= 15 is 0 Å². The first kappa shape index (κ1) is 21.0. The molecule has 0 atom stereocenters. The van der Waals surface area contributed by atoms with Crippen LogP contribution in [-0.2, 0) is 11.2 Å². The van der Waals surface area contributed by atoms with Gasteiger partial charge in [0.15, 0.2) is 4.96 Å². The van der Waals surface area contributed by atoms with Gasteiger partial charge in [-0.3, -0.25) is 19.3 Å². The van der Waals surface area contributed by atoms with Gasteiger partial charge in [-0.15, -0.1) is 11.3 Å². The van der Waals surface area contributed by atoms with Crippen molar-refractivity contribution < 1.29 is 14.5 Å². The topological polar surface area (TPSA) is 123 Å². The molecule has 0 aliphatic carbocycles. The van der Waals surface area contributed by atoms with Crippen molar-refractivity contribution in [2.75, 3.05) is 11.9 Å². The molecule has 0 radical (unpaired) electrons. The van der Waals surface area contributed by atoms with E-state index in [1.54, 1.807) is 0 Å². The highest BCUT2D eigenvalue weighted by Crippen LogP contribution is 2.26. The molecule has 2 aromatic carbocycles. The molecule has 0 bridgehead atoms. The number of thiazole rings is 1. The van der Waals surface area contributed by atoms with Crippen molar-refractivity contribution in [1.82, 2.24) is 9.38 Å². The molecule has 0 fully saturated rings. The van der Waals surface area contributed by atoms with E-state index in [9.17, 15) is 20.2 Å². The summed E-state index contributed by atoms with van der Waals surface area (Å²) in [7, 11) is 0. The Bertz CT molecular complexity index is 1350.